The monoisotopic (exact) mass is 294 g/mol. The topological polar surface area (TPSA) is 87.7 Å². The molecule has 0 bridgehead atoms. The van der Waals surface area contributed by atoms with Gasteiger partial charge in [-0.3, -0.25) is 14.8 Å². The second-order valence-corrected chi connectivity index (χ2v) is 4.66. The summed E-state index contributed by atoms with van der Waals surface area (Å²) < 4.78 is 5.24. The van der Waals surface area contributed by atoms with E-state index in [0.29, 0.717) is 19.4 Å². The van der Waals surface area contributed by atoms with Gasteiger partial charge in [-0.05, 0) is 25.0 Å². The minimum Gasteiger partial charge on any atom is -0.494 e. The van der Waals surface area contributed by atoms with E-state index in [9.17, 15) is 9.59 Å². The first kappa shape index (κ1) is 17.0. The Kier molecular flexibility index (Phi) is 8.63. The summed E-state index contributed by atoms with van der Waals surface area (Å²) in [6, 6.07) is 0. The summed E-state index contributed by atoms with van der Waals surface area (Å²) in [4.78, 5) is 22.2. The van der Waals surface area contributed by atoms with E-state index in [1.165, 1.54) is 6.08 Å². The van der Waals surface area contributed by atoms with Gasteiger partial charge in [-0.15, -0.1) is 0 Å². The number of ether oxygens (including phenoxy) is 1. The van der Waals surface area contributed by atoms with E-state index < -0.39 is 0 Å². The van der Waals surface area contributed by atoms with Gasteiger partial charge in [0, 0.05) is 25.5 Å². The summed E-state index contributed by atoms with van der Waals surface area (Å²) in [5.74, 6) is -0.520. The Hall–Kier alpha value is -2.08. The van der Waals surface area contributed by atoms with Gasteiger partial charge in [-0.1, -0.05) is 18.6 Å². The van der Waals surface area contributed by atoms with Crippen molar-refractivity contribution in [1.29, 1.82) is 0 Å². The molecule has 0 aromatic carbocycles. The molecule has 3 N–H and O–H groups in total. The molecule has 1 unspecified atom stereocenters. The van der Waals surface area contributed by atoms with Crippen molar-refractivity contribution in [2.24, 2.45) is 0 Å². The lowest BCUT2D eigenvalue weighted by molar-refractivity contribution is -0.129. The fourth-order valence-electron chi connectivity index (χ4n) is 1.77. The maximum Gasteiger partial charge on any atom is 0.243 e. The number of carbonyl (C=O) groups is 2. The normalized spacial score (nSPS) is 17.3. The van der Waals surface area contributed by atoms with Gasteiger partial charge in [-0.25, -0.2) is 5.48 Å². The predicted molar refractivity (Wildman–Crippen MR) is 78.3 cm³/mol. The zero-order valence-corrected chi connectivity index (χ0v) is 12.0. The van der Waals surface area contributed by atoms with Gasteiger partial charge in [-0.2, -0.15) is 0 Å². The Bertz CT molecular complexity index is 408. The van der Waals surface area contributed by atoms with Crippen LogP contribution in [0.25, 0.3) is 0 Å². The van der Waals surface area contributed by atoms with Crippen LogP contribution in [0.5, 0.6) is 0 Å². The molecule has 116 valence electrons. The number of rotatable bonds is 9. The van der Waals surface area contributed by atoms with Crippen molar-refractivity contribution in [2.75, 3.05) is 6.54 Å². The molecule has 2 amide bonds. The van der Waals surface area contributed by atoms with Crippen LogP contribution in [-0.2, 0) is 14.3 Å². The third-order valence-corrected chi connectivity index (χ3v) is 2.91. The van der Waals surface area contributed by atoms with Crippen LogP contribution in [0.15, 0.2) is 36.6 Å². The third kappa shape index (κ3) is 8.65. The van der Waals surface area contributed by atoms with E-state index in [2.05, 4.69) is 5.32 Å². The molecule has 1 aliphatic heterocycles. The number of hydroxylamine groups is 1. The van der Waals surface area contributed by atoms with E-state index in [0.717, 1.165) is 19.3 Å². The number of hydrogen-bond acceptors (Lipinski definition) is 4. The van der Waals surface area contributed by atoms with E-state index in [1.54, 1.807) is 23.9 Å². The van der Waals surface area contributed by atoms with Gasteiger partial charge in [0.15, 0.2) is 0 Å². The molecule has 1 rings (SSSR count). The second kappa shape index (κ2) is 10.7. The van der Waals surface area contributed by atoms with Crippen molar-refractivity contribution < 1.29 is 19.5 Å². The highest BCUT2D eigenvalue weighted by Gasteiger charge is 2.04. The molecule has 6 nitrogen and oxygen atoms in total. The molecular weight excluding hydrogens is 272 g/mol. The molecule has 0 fully saturated rings. The number of nitrogens with one attached hydrogen (secondary N) is 2. The van der Waals surface area contributed by atoms with Gasteiger partial charge < -0.3 is 10.1 Å². The summed E-state index contributed by atoms with van der Waals surface area (Å²) in [5.41, 5.74) is 1.59. The number of hydrogen-bond donors (Lipinski definition) is 3. The van der Waals surface area contributed by atoms with E-state index in [-0.39, 0.29) is 17.9 Å². The lowest BCUT2D eigenvalue weighted by atomic mass is 10.2. The number of unbranched alkanes of at least 4 members (excludes halogenated alkanes) is 2. The highest BCUT2D eigenvalue weighted by molar-refractivity contribution is 5.87. The van der Waals surface area contributed by atoms with Crippen molar-refractivity contribution in [3.8, 4) is 0 Å². The molecule has 1 atom stereocenters. The summed E-state index contributed by atoms with van der Waals surface area (Å²) >= 11 is 0. The molecule has 0 aliphatic carbocycles. The molecule has 0 saturated heterocycles. The van der Waals surface area contributed by atoms with Crippen LogP contribution in [0.2, 0.25) is 0 Å². The molecule has 0 spiro atoms. The summed E-state index contributed by atoms with van der Waals surface area (Å²) in [7, 11) is 0. The molecule has 1 aliphatic rings. The van der Waals surface area contributed by atoms with Gasteiger partial charge >= 0.3 is 0 Å². The van der Waals surface area contributed by atoms with Crippen molar-refractivity contribution >= 4 is 11.8 Å². The number of carbonyl (C=O) groups excluding carboxylic acids is 2. The smallest absolute Gasteiger partial charge is 0.243 e. The van der Waals surface area contributed by atoms with Crippen LogP contribution in [0.3, 0.4) is 0 Å². The average Bonchev–Trinajstić information content (AvgIpc) is 3.00. The van der Waals surface area contributed by atoms with Crippen LogP contribution in [-0.4, -0.2) is 29.7 Å². The molecule has 0 aromatic heterocycles. The summed E-state index contributed by atoms with van der Waals surface area (Å²) in [6.45, 7) is 0.573. The lowest BCUT2D eigenvalue weighted by Crippen LogP contribution is -2.22. The fraction of sp³-hybridized carbons (Fsp3) is 0.467. The molecule has 6 heteroatoms. The largest absolute Gasteiger partial charge is 0.494 e. The van der Waals surface area contributed by atoms with Crippen LogP contribution < -0.4 is 10.8 Å². The molecule has 0 aromatic rings. The maximum absolute atomic E-state index is 11.5. The van der Waals surface area contributed by atoms with E-state index in [1.807, 2.05) is 12.2 Å². The number of amides is 2. The maximum atomic E-state index is 11.5. The fourth-order valence-corrected chi connectivity index (χ4v) is 1.77. The zero-order valence-electron chi connectivity index (χ0n) is 12.0. The lowest BCUT2D eigenvalue weighted by Gasteiger charge is -2.02. The summed E-state index contributed by atoms with van der Waals surface area (Å²) in [5, 5.41) is 11.1. The van der Waals surface area contributed by atoms with E-state index in [4.69, 9.17) is 9.94 Å². The first-order valence-corrected chi connectivity index (χ1v) is 7.08. The highest BCUT2D eigenvalue weighted by Crippen LogP contribution is 2.09. The Morgan fingerprint density at radius 2 is 2.14 bits per heavy atom. The van der Waals surface area contributed by atoms with Crippen molar-refractivity contribution in [3.63, 3.8) is 0 Å². The van der Waals surface area contributed by atoms with Crippen LogP contribution in [0.1, 0.15) is 32.1 Å². The molecule has 0 saturated carbocycles. The SMILES string of the molecule is O=C(/C=C/C=C/C1CC=CO1)NCCCCCC(=O)NO. The molecule has 21 heavy (non-hydrogen) atoms. The zero-order chi connectivity index (χ0) is 15.3. The van der Waals surface area contributed by atoms with Gasteiger partial charge in [0.1, 0.15) is 6.10 Å². The standard InChI is InChI=1S/C15H22N2O4/c18-14(9-4-3-7-13-8-6-12-21-13)16-11-5-1-2-10-15(19)17-20/h3-4,6-7,9,12-13,20H,1-2,5,8,10-11H2,(H,16,18)(H,17,19)/b7-3+,9-4+. The Balaban J connectivity index is 1.99. The predicted octanol–water partition coefficient (Wildman–Crippen LogP) is 1.58. The van der Waals surface area contributed by atoms with Crippen LogP contribution in [0, 0.1) is 0 Å². The van der Waals surface area contributed by atoms with Crippen molar-refractivity contribution in [1.82, 2.24) is 10.8 Å². The van der Waals surface area contributed by atoms with E-state index >= 15 is 0 Å². The third-order valence-electron chi connectivity index (χ3n) is 2.91. The van der Waals surface area contributed by atoms with Crippen molar-refractivity contribution in [2.45, 2.75) is 38.2 Å². The van der Waals surface area contributed by atoms with Gasteiger partial charge in [0.05, 0.1) is 6.26 Å². The van der Waals surface area contributed by atoms with Crippen molar-refractivity contribution in [3.05, 3.63) is 36.6 Å². The first-order chi connectivity index (χ1) is 10.2. The molecular formula is C15H22N2O4. The Morgan fingerprint density at radius 1 is 1.29 bits per heavy atom. The number of allylic oxidation sites excluding steroid dienone is 2. The summed E-state index contributed by atoms with van der Waals surface area (Å²) in [6.07, 6.45) is 14.0. The van der Waals surface area contributed by atoms with Gasteiger partial charge in [0.25, 0.3) is 0 Å². The average molecular weight is 294 g/mol. The minimum absolute atomic E-state index is 0.0776. The quantitative estimate of drug-likeness (QED) is 0.198. The highest BCUT2D eigenvalue weighted by atomic mass is 16.5. The first-order valence-electron chi connectivity index (χ1n) is 7.08. The minimum atomic E-state index is -0.379. The van der Waals surface area contributed by atoms with Gasteiger partial charge in [0.2, 0.25) is 11.8 Å². The molecule has 1 heterocycles. The second-order valence-electron chi connectivity index (χ2n) is 4.66. The van der Waals surface area contributed by atoms with Crippen LogP contribution in [0.4, 0.5) is 0 Å². The Labute approximate surface area is 124 Å². The Morgan fingerprint density at radius 3 is 2.86 bits per heavy atom. The van der Waals surface area contributed by atoms with Crippen LogP contribution >= 0.6 is 0 Å². The molecule has 0 radical (unpaired) electrons.